The lowest BCUT2D eigenvalue weighted by atomic mass is 10.1. The SMILES string of the molecule is COCCNC(=O)COC(=O)CCc1c(C)nn(-c2cccc(OC)c2)c1C. The van der Waals surface area contributed by atoms with Crippen LogP contribution in [0.4, 0.5) is 0 Å². The number of methoxy groups -OCH3 is 2. The molecule has 0 aliphatic rings. The molecule has 0 bridgehead atoms. The topological polar surface area (TPSA) is 91.7 Å². The van der Waals surface area contributed by atoms with Crippen molar-refractivity contribution in [3.63, 3.8) is 0 Å². The third-order valence-electron chi connectivity index (χ3n) is 4.31. The molecule has 1 heterocycles. The van der Waals surface area contributed by atoms with Crippen LogP contribution in [-0.2, 0) is 25.5 Å². The van der Waals surface area contributed by atoms with Crippen molar-refractivity contribution >= 4 is 11.9 Å². The molecule has 0 fully saturated rings. The molecule has 0 saturated heterocycles. The van der Waals surface area contributed by atoms with E-state index in [9.17, 15) is 9.59 Å². The second-order valence-corrected chi connectivity index (χ2v) is 6.27. The smallest absolute Gasteiger partial charge is 0.306 e. The van der Waals surface area contributed by atoms with Crippen LogP contribution in [0.3, 0.4) is 0 Å². The summed E-state index contributed by atoms with van der Waals surface area (Å²) in [6.45, 7) is 4.38. The van der Waals surface area contributed by atoms with Crippen molar-refractivity contribution in [2.45, 2.75) is 26.7 Å². The van der Waals surface area contributed by atoms with Crippen molar-refractivity contribution in [2.24, 2.45) is 0 Å². The molecular formula is C20H27N3O5. The quantitative estimate of drug-likeness (QED) is 0.492. The second-order valence-electron chi connectivity index (χ2n) is 6.27. The molecule has 0 spiro atoms. The van der Waals surface area contributed by atoms with Gasteiger partial charge in [-0.2, -0.15) is 5.10 Å². The lowest BCUT2D eigenvalue weighted by Gasteiger charge is -2.08. The van der Waals surface area contributed by atoms with Crippen LogP contribution >= 0.6 is 0 Å². The average Bonchev–Trinajstić information content (AvgIpc) is 2.98. The highest BCUT2D eigenvalue weighted by Gasteiger charge is 2.15. The van der Waals surface area contributed by atoms with Crippen LogP contribution in [0.25, 0.3) is 5.69 Å². The van der Waals surface area contributed by atoms with Gasteiger partial charge in [0, 0.05) is 31.8 Å². The highest BCUT2D eigenvalue weighted by Crippen LogP contribution is 2.22. The predicted octanol–water partition coefficient (Wildman–Crippen LogP) is 1.74. The largest absolute Gasteiger partial charge is 0.497 e. The lowest BCUT2D eigenvalue weighted by molar-refractivity contribution is -0.148. The number of esters is 1. The van der Waals surface area contributed by atoms with Crippen molar-refractivity contribution in [2.75, 3.05) is 34.0 Å². The number of rotatable bonds is 10. The summed E-state index contributed by atoms with van der Waals surface area (Å²) >= 11 is 0. The monoisotopic (exact) mass is 389 g/mol. The zero-order valence-electron chi connectivity index (χ0n) is 16.8. The van der Waals surface area contributed by atoms with Gasteiger partial charge in [0.05, 0.1) is 25.1 Å². The van der Waals surface area contributed by atoms with Crippen molar-refractivity contribution in [3.05, 3.63) is 41.2 Å². The molecule has 8 heteroatoms. The van der Waals surface area contributed by atoms with Crippen molar-refractivity contribution < 1.29 is 23.8 Å². The summed E-state index contributed by atoms with van der Waals surface area (Å²) in [5.41, 5.74) is 3.69. The minimum atomic E-state index is -0.421. The molecule has 1 N–H and O–H groups in total. The standard InChI is InChI=1S/C20H27N3O5/c1-14-18(8-9-20(25)28-13-19(24)21-10-11-26-3)15(2)23(22-14)16-6-5-7-17(12-16)27-4/h5-7,12H,8-11,13H2,1-4H3,(H,21,24). The van der Waals surface area contributed by atoms with Crippen LogP contribution in [0.1, 0.15) is 23.4 Å². The molecule has 2 rings (SSSR count). The van der Waals surface area contributed by atoms with Gasteiger partial charge in [0.25, 0.3) is 5.91 Å². The first-order valence-corrected chi connectivity index (χ1v) is 9.07. The van der Waals surface area contributed by atoms with Gasteiger partial charge in [-0.3, -0.25) is 9.59 Å². The van der Waals surface area contributed by atoms with Crippen molar-refractivity contribution in [3.8, 4) is 11.4 Å². The molecule has 1 amide bonds. The molecule has 1 aromatic carbocycles. The molecule has 1 aromatic heterocycles. The molecular weight excluding hydrogens is 362 g/mol. The summed E-state index contributed by atoms with van der Waals surface area (Å²) in [4.78, 5) is 23.5. The van der Waals surface area contributed by atoms with E-state index in [1.807, 2.05) is 42.8 Å². The van der Waals surface area contributed by atoms with Gasteiger partial charge in [-0.25, -0.2) is 4.68 Å². The lowest BCUT2D eigenvalue weighted by Crippen LogP contribution is -2.31. The predicted molar refractivity (Wildman–Crippen MR) is 104 cm³/mol. The van der Waals surface area contributed by atoms with E-state index >= 15 is 0 Å². The number of hydrogen-bond acceptors (Lipinski definition) is 6. The number of nitrogens with one attached hydrogen (secondary N) is 1. The number of aromatic nitrogens is 2. The summed E-state index contributed by atoms with van der Waals surface area (Å²) < 4.78 is 17.0. The molecule has 0 saturated carbocycles. The first kappa shape index (κ1) is 21.4. The van der Waals surface area contributed by atoms with Crippen LogP contribution < -0.4 is 10.1 Å². The molecule has 152 valence electrons. The zero-order valence-corrected chi connectivity index (χ0v) is 16.8. The Labute approximate surface area is 164 Å². The molecule has 0 radical (unpaired) electrons. The van der Waals surface area contributed by atoms with E-state index in [1.54, 1.807) is 14.2 Å². The summed E-state index contributed by atoms with van der Waals surface area (Å²) in [5.74, 6) is -0.0163. The van der Waals surface area contributed by atoms with Gasteiger partial charge in [-0.05, 0) is 38.0 Å². The summed E-state index contributed by atoms with van der Waals surface area (Å²) in [6, 6.07) is 7.62. The molecule has 0 atom stereocenters. The summed E-state index contributed by atoms with van der Waals surface area (Å²) in [6.07, 6.45) is 0.669. The normalized spacial score (nSPS) is 10.6. The Morgan fingerprint density at radius 2 is 2.00 bits per heavy atom. The first-order valence-electron chi connectivity index (χ1n) is 9.07. The van der Waals surface area contributed by atoms with Gasteiger partial charge in [0.1, 0.15) is 5.75 Å². The Hall–Kier alpha value is -2.87. The second kappa shape index (κ2) is 10.5. The number of aryl methyl sites for hydroxylation is 1. The van der Waals surface area contributed by atoms with Gasteiger partial charge in [0.15, 0.2) is 6.61 Å². The minimum absolute atomic E-state index is 0.177. The summed E-state index contributed by atoms with van der Waals surface area (Å²) in [7, 11) is 3.17. The Kier molecular flexibility index (Phi) is 8.01. The molecule has 0 unspecified atom stereocenters. The van der Waals surface area contributed by atoms with E-state index in [4.69, 9.17) is 14.2 Å². The van der Waals surface area contributed by atoms with Gasteiger partial charge < -0.3 is 19.5 Å². The van der Waals surface area contributed by atoms with Gasteiger partial charge in [-0.15, -0.1) is 0 Å². The maximum atomic E-state index is 12.0. The number of amides is 1. The number of hydrogen-bond donors (Lipinski definition) is 1. The zero-order chi connectivity index (χ0) is 20.5. The highest BCUT2D eigenvalue weighted by atomic mass is 16.5. The fraction of sp³-hybridized carbons (Fsp3) is 0.450. The van der Waals surface area contributed by atoms with Crippen LogP contribution in [0.15, 0.2) is 24.3 Å². The molecule has 28 heavy (non-hydrogen) atoms. The Morgan fingerprint density at radius 1 is 1.21 bits per heavy atom. The van der Waals surface area contributed by atoms with Crippen LogP contribution in [0.5, 0.6) is 5.75 Å². The number of carbonyl (C=O) groups excluding carboxylic acids is 2. The first-order chi connectivity index (χ1) is 13.5. The van der Waals surface area contributed by atoms with Crippen LogP contribution in [-0.4, -0.2) is 55.6 Å². The molecule has 0 aliphatic heterocycles. The van der Waals surface area contributed by atoms with E-state index in [-0.39, 0.29) is 18.9 Å². The van der Waals surface area contributed by atoms with E-state index in [0.717, 1.165) is 28.4 Å². The fourth-order valence-corrected chi connectivity index (χ4v) is 2.82. The summed E-state index contributed by atoms with van der Waals surface area (Å²) in [5, 5.41) is 7.18. The molecule has 2 aromatic rings. The number of nitrogens with zero attached hydrogens (tertiary/aromatic N) is 2. The molecule has 0 aliphatic carbocycles. The van der Waals surface area contributed by atoms with Crippen molar-refractivity contribution in [1.29, 1.82) is 0 Å². The van der Waals surface area contributed by atoms with Gasteiger partial charge in [-0.1, -0.05) is 6.07 Å². The number of ether oxygens (including phenoxy) is 3. The average molecular weight is 389 g/mol. The Morgan fingerprint density at radius 3 is 2.71 bits per heavy atom. The maximum Gasteiger partial charge on any atom is 0.306 e. The highest BCUT2D eigenvalue weighted by molar-refractivity contribution is 5.80. The minimum Gasteiger partial charge on any atom is -0.497 e. The molecule has 8 nitrogen and oxygen atoms in total. The van der Waals surface area contributed by atoms with Crippen molar-refractivity contribution in [1.82, 2.24) is 15.1 Å². The number of benzene rings is 1. The van der Waals surface area contributed by atoms with E-state index in [0.29, 0.717) is 19.6 Å². The van der Waals surface area contributed by atoms with E-state index < -0.39 is 5.97 Å². The van der Waals surface area contributed by atoms with Gasteiger partial charge >= 0.3 is 5.97 Å². The van der Waals surface area contributed by atoms with E-state index in [2.05, 4.69) is 10.4 Å². The Balaban J connectivity index is 1.93. The van der Waals surface area contributed by atoms with Crippen LogP contribution in [0, 0.1) is 13.8 Å². The third kappa shape index (κ3) is 5.82. The fourth-order valence-electron chi connectivity index (χ4n) is 2.82. The van der Waals surface area contributed by atoms with Gasteiger partial charge in [0.2, 0.25) is 0 Å². The van der Waals surface area contributed by atoms with Crippen LogP contribution in [0.2, 0.25) is 0 Å². The Bertz CT molecular complexity index is 816. The third-order valence-corrected chi connectivity index (χ3v) is 4.31. The maximum absolute atomic E-state index is 12.0. The van der Waals surface area contributed by atoms with E-state index in [1.165, 1.54) is 0 Å². The number of carbonyl (C=O) groups is 2.